The molecule has 0 aliphatic rings. The Bertz CT molecular complexity index is 1100. The fourth-order valence-corrected chi connectivity index (χ4v) is 4.67. The molecule has 180 valence electrons. The van der Waals surface area contributed by atoms with Gasteiger partial charge >= 0.3 is 0 Å². The van der Waals surface area contributed by atoms with Gasteiger partial charge in [0.2, 0.25) is 21.8 Å². The Hall–Kier alpha value is -2.36. The molecule has 0 bridgehead atoms. The maximum absolute atomic E-state index is 13.2. The zero-order chi connectivity index (χ0) is 24.8. The Balaban J connectivity index is 2.16. The molecule has 2 aromatic rings. The van der Waals surface area contributed by atoms with Crippen LogP contribution < -0.4 is 9.62 Å². The first-order chi connectivity index (χ1) is 15.4. The summed E-state index contributed by atoms with van der Waals surface area (Å²) in [7, 11) is -2.17. The van der Waals surface area contributed by atoms with Gasteiger partial charge in [-0.1, -0.05) is 29.3 Å². The number of hydrogen-bond donors (Lipinski definition) is 1. The van der Waals surface area contributed by atoms with Crippen LogP contribution in [0.25, 0.3) is 0 Å². The highest BCUT2D eigenvalue weighted by molar-refractivity contribution is 7.92. The van der Waals surface area contributed by atoms with Crippen molar-refractivity contribution in [1.29, 1.82) is 0 Å². The highest BCUT2D eigenvalue weighted by Crippen LogP contribution is 2.24. The molecular weight excluding hydrogens is 492 g/mol. The number of rotatable bonds is 10. The number of hydrogen-bond acceptors (Lipinski definition) is 4. The highest BCUT2D eigenvalue weighted by Gasteiger charge is 2.26. The van der Waals surface area contributed by atoms with Crippen LogP contribution in [0.1, 0.15) is 25.3 Å². The molecule has 1 N–H and O–H groups in total. The number of carbonyl (C=O) groups excluding carboxylic acids is 2. The third-order valence-electron chi connectivity index (χ3n) is 5.04. The molecule has 7 nitrogen and oxygen atoms in total. The predicted octanol–water partition coefficient (Wildman–Crippen LogP) is 3.84. The van der Waals surface area contributed by atoms with Gasteiger partial charge in [-0.15, -0.1) is 0 Å². The third-order valence-corrected chi connectivity index (χ3v) is 6.82. The summed E-state index contributed by atoms with van der Waals surface area (Å²) in [6.45, 7) is 1.69. The Kier molecular flexibility index (Phi) is 9.51. The van der Waals surface area contributed by atoms with E-state index < -0.39 is 21.9 Å². The van der Waals surface area contributed by atoms with E-state index in [1.807, 2.05) is 0 Å². The van der Waals surface area contributed by atoms with Crippen molar-refractivity contribution in [2.45, 2.75) is 32.4 Å². The Morgan fingerprint density at radius 2 is 1.76 bits per heavy atom. The number of nitrogens with one attached hydrogen (secondary N) is 1. The molecule has 0 spiro atoms. The molecule has 0 unspecified atom stereocenters. The van der Waals surface area contributed by atoms with Crippen LogP contribution in [0.4, 0.5) is 10.1 Å². The number of halogens is 3. The summed E-state index contributed by atoms with van der Waals surface area (Å²) in [5.74, 6) is -1.18. The zero-order valence-corrected chi connectivity index (χ0v) is 20.8. The van der Waals surface area contributed by atoms with Crippen LogP contribution in [0.2, 0.25) is 10.0 Å². The number of sulfonamides is 1. The lowest BCUT2D eigenvalue weighted by Gasteiger charge is -2.29. The molecule has 0 heterocycles. The first kappa shape index (κ1) is 26.9. The molecule has 1 atom stereocenters. The highest BCUT2D eigenvalue weighted by atomic mass is 35.5. The minimum Gasteiger partial charge on any atom is -0.357 e. The van der Waals surface area contributed by atoms with Crippen molar-refractivity contribution in [2.24, 2.45) is 0 Å². The average molecular weight is 518 g/mol. The molecule has 0 saturated heterocycles. The molecule has 0 radical (unpaired) electrons. The standard InChI is InChI=1S/C22H26Cl2FN3O4S/c1-15(22(30)26-2)27(14-16-6-7-17(23)13-20(16)24)21(29)5-4-12-28(33(3,31)32)19-10-8-18(25)9-11-19/h6-11,13,15H,4-5,12,14H2,1-3H3,(H,26,30)/t15-/m0/s1. The van der Waals surface area contributed by atoms with Crippen LogP contribution in [0.3, 0.4) is 0 Å². The number of carbonyl (C=O) groups is 2. The van der Waals surface area contributed by atoms with E-state index in [1.54, 1.807) is 25.1 Å². The Morgan fingerprint density at radius 3 is 2.30 bits per heavy atom. The lowest BCUT2D eigenvalue weighted by Crippen LogP contribution is -2.46. The SMILES string of the molecule is CNC(=O)[C@H](C)N(Cc1ccc(Cl)cc1Cl)C(=O)CCCN(c1ccc(F)cc1)S(C)(=O)=O. The first-order valence-corrected chi connectivity index (χ1v) is 12.7. The van der Waals surface area contributed by atoms with Gasteiger partial charge in [0, 0.05) is 36.6 Å². The first-order valence-electron chi connectivity index (χ1n) is 10.1. The minimum absolute atomic E-state index is 0.0140. The number of nitrogens with zero attached hydrogens (tertiary/aromatic N) is 2. The van der Waals surface area contributed by atoms with Crippen molar-refractivity contribution >= 4 is 50.7 Å². The van der Waals surface area contributed by atoms with Crippen LogP contribution in [0.15, 0.2) is 42.5 Å². The summed E-state index contributed by atoms with van der Waals surface area (Å²) in [6, 6.07) is 9.16. The van der Waals surface area contributed by atoms with E-state index in [-0.39, 0.29) is 37.7 Å². The van der Waals surface area contributed by atoms with Crippen LogP contribution in [0.5, 0.6) is 0 Å². The summed E-state index contributed by atoms with van der Waals surface area (Å²) in [6.07, 6.45) is 1.22. The summed E-state index contributed by atoms with van der Waals surface area (Å²) >= 11 is 12.2. The van der Waals surface area contributed by atoms with Crippen LogP contribution in [-0.4, -0.2) is 51.0 Å². The third kappa shape index (κ3) is 7.58. The molecule has 0 saturated carbocycles. The summed E-state index contributed by atoms with van der Waals surface area (Å²) in [4.78, 5) is 26.7. The van der Waals surface area contributed by atoms with Crippen molar-refractivity contribution < 1.29 is 22.4 Å². The zero-order valence-electron chi connectivity index (χ0n) is 18.5. The van der Waals surface area contributed by atoms with E-state index in [4.69, 9.17) is 23.2 Å². The largest absolute Gasteiger partial charge is 0.357 e. The van der Waals surface area contributed by atoms with Crippen molar-refractivity contribution in [3.8, 4) is 0 Å². The molecule has 11 heteroatoms. The van der Waals surface area contributed by atoms with E-state index in [9.17, 15) is 22.4 Å². The molecule has 0 aromatic heterocycles. The van der Waals surface area contributed by atoms with E-state index in [2.05, 4.69) is 5.32 Å². The van der Waals surface area contributed by atoms with Gasteiger partial charge in [-0.05, 0) is 55.3 Å². The van der Waals surface area contributed by atoms with Gasteiger partial charge < -0.3 is 10.2 Å². The molecule has 0 aliphatic carbocycles. The van der Waals surface area contributed by atoms with Crippen LogP contribution in [0, 0.1) is 5.82 Å². The van der Waals surface area contributed by atoms with Crippen molar-refractivity contribution in [3.05, 3.63) is 63.9 Å². The average Bonchev–Trinajstić information content (AvgIpc) is 2.75. The second-order valence-electron chi connectivity index (χ2n) is 7.46. The van der Waals surface area contributed by atoms with E-state index in [0.717, 1.165) is 10.6 Å². The van der Waals surface area contributed by atoms with Gasteiger partial charge in [0.25, 0.3) is 0 Å². The maximum Gasteiger partial charge on any atom is 0.242 e. The van der Waals surface area contributed by atoms with Gasteiger partial charge in [-0.3, -0.25) is 13.9 Å². The number of likely N-dealkylation sites (N-methyl/N-ethyl adjacent to an activating group) is 1. The maximum atomic E-state index is 13.2. The van der Waals surface area contributed by atoms with Gasteiger partial charge in [0.05, 0.1) is 11.9 Å². The van der Waals surface area contributed by atoms with Crippen molar-refractivity contribution in [1.82, 2.24) is 10.2 Å². The molecular formula is C22H26Cl2FN3O4S. The monoisotopic (exact) mass is 517 g/mol. The molecule has 2 amide bonds. The smallest absolute Gasteiger partial charge is 0.242 e. The van der Waals surface area contributed by atoms with Crippen LogP contribution >= 0.6 is 23.2 Å². The number of amides is 2. The Morgan fingerprint density at radius 1 is 1.12 bits per heavy atom. The molecule has 2 aromatic carbocycles. The number of benzene rings is 2. The topological polar surface area (TPSA) is 86.8 Å². The van der Waals surface area contributed by atoms with Gasteiger partial charge in [0.1, 0.15) is 11.9 Å². The fourth-order valence-electron chi connectivity index (χ4n) is 3.24. The van der Waals surface area contributed by atoms with Crippen molar-refractivity contribution in [2.75, 3.05) is 24.2 Å². The lowest BCUT2D eigenvalue weighted by atomic mass is 10.1. The van der Waals surface area contributed by atoms with E-state index in [1.165, 1.54) is 36.2 Å². The number of anilines is 1. The minimum atomic E-state index is -3.65. The fraction of sp³-hybridized carbons (Fsp3) is 0.364. The van der Waals surface area contributed by atoms with Crippen molar-refractivity contribution in [3.63, 3.8) is 0 Å². The molecule has 0 aliphatic heterocycles. The van der Waals surface area contributed by atoms with Gasteiger partial charge in [0.15, 0.2) is 0 Å². The summed E-state index contributed by atoms with van der Waals surface area (Å²) in [5.41, 5.74) is 0.920. The van der Waals surface area contributed by atoms with E-state index >= 15 is 0 Å². The van der Waals surface area contributed by atoms with Gasteiger partial charge in [-0.25, -0.2) is 12.8 Å². The quantitative estimate of drug-likeness (QED) is 0.518. The normalized spacial score (nSPS) is 12.2. The second kappa shape index (κ2) is 11.7. The summed E-state index contributed by atoms with van der Waals surface area (Å²) < 4.78 is 38.8. The summed E-state index contributed by atoms with van der Waals surface area (Å²) in [5, 5.41) is 3.34. The predicted molar refractivity (Wildman–Crippen MR) is 128 cm³/mol. The van der Waals surface area contributed by atoms with Crippen LogP contribution in [-0.2, 0) is 26.2 Å². The molecule has 2 rings (SSSR count). The Labute approximate surface area is 203 Å². The second-order valence-corrected chi connectivity index (χ2v) is 10.2. The molecule has 0 fully saturated rings. The van der Waals surface area contributed by atoms with Gasteiger partial charge in [-0.2, -0.15) is 0 Å². The lowest BCUT2D eigenvalue weighted by molar-refractivity contribution is -0.140. The van der Waals surface area contributed by atoms with E-state index in [0.29, 0.717) is 21.3 Å². The molecule has 33 heavy (non-hydrogen) atoms.